The molecule has 0 fully saturated rings. The van der Waals surface area contributed by atoms with Crippen LogP contribution in [0, 0.1) is 10.1 Å². The molecular weight excluding hydrogens is 350 g/mol. The van der Waals surface area contributed by atoms with Gasteiger partial charge in [-0.05, 0) is 29.7 Å². The number of esters is 1. The fraction of sp³-hybridized carbons (Fsp3) is 0.263. The van der Waals surface area contributed by atoms with Crippen LogP contribution in [0.25, 0.3) is 0 Å². The van der Waals surface area contributed by atoms with Crippen LogP contribution in [-0.2, 0) is 22.5 Å². The lowest BCUT2D eigenvalue weighted by Crippen LogP contribution is -2.37. The Morgan fingerprint density at radius 3 is 2.78 bits per heavy atom. The third-order valence-corrected chi connectivity index (χ3v) is 4.47. The fourth-order valence-corrected chi connectivity index (χ4v) is 3.17. The van der Waals surface area contributed by atoms with Crippen LogP contribution < -0.4 is 5.32 Å². The molecule has 0 aliphatic carbocycles. The number of nitrogens with one attached hydrogen (secondary N) is 1. The molecule has 140 valence electrons. The molecule has 1 heterocycles. The van der Waals surface area contributed by atoms with E-state index in [1.165, 1.54) is 25.3 Å². The molecule has 1 aliphatic rings. The smallest absolute Gasteiger partial charge is 0.338 e. The molecule has 0 atom stereocenters. The summed E-state index contributed by atoms with van der Waals surface area (Å²) in [7, 11) is 1.34. The van der Waals surface area contributed by atoms with Crippen LogP contribution in [-0.4, -0.2) is 41.9 Å². The summed E-state index contributed by atoms with van der Waals surface area (Å²) in [5.41, 5.74) is 2.76. The lowest BCUT2D eigenvalue weighted by atomic mass is 9.95. The van der Waals surface area contributed by atoms with Gasteiger partial charge in [-0.3, -0.25) is 19.8 Å². The first kappa shape index (κ1) is 18.5. The first-order valence-electron chi connectivity index (χ1n) is 8.43. The second-order valence-corrected chi connectivity index (χ2v) is 6.25. The van der Waals surface area contributed by atoms with Crippen LogP contribution in [0.4, 0.5) is 11.4 Å². The van der Waals surface area contributed by atoms with E-state index in [4.69, 9.17) is 4.74 Å². The topological polar surface area (TPSA) is 102 Å². The summed E-state index contributed by atoms with van der Waals surface area (Å²) in [4.78, 5) is 36.6. The van der Waals surface area contributed by atoms with Gasteiger partial charge in [0.2, 0.25) is 5.91 Å². The molecule has 0 saturated heterocycles. The number of anilines is 1. The van der Waals surface area contributed by atoms with Crippen molar-refractivity contribution in [2.45, 2.75) is 13.0 Å². The summed E-state index contributed by atoms with van der Waals surface area (Å²) in [6, 6.07) is 11.3. The van der Waals surface area contributed by atoms with Gasteiger partial charge in [-0.25, -0.2) is 4.79 Å². The highest BCUT2D eigenvalue weighted by Crippen LogP contribution is 2.23. The maximum atomic E-state index is 12.3. The summed E-state index contributed by atoms with van der Waals surface area (Å²) in [6.45, 7) is 1.26. The van der Waals surface area contributed by atoms with Crippen molar-refractivity contribution in [3.05, 3.63) is 69.3 Å². The molecule has 1 amide bonds. The van der Waals surface area contributed by atoms with Gasteiger partial charge >= 0.3 is 5.97 Å². The number of carbonyl (C=O) groups excluding carboxylic acids is 2. The van der Waals surface area contributed by atoms with Gasteiger partial charge in [-0.15, -0.1) is 0 Å². The standard InChI is InChI=1S/C19H19N3O5/c1-27-19(24)16-7-2-4-13-8-9-21(11-17(13)16)12-18(23)20-14-5-3-6-15(10-14)22(25)26/h2-7,10H,8-9,11-12H2,1H3,(H,20,23). The van der Waals surface area contributed by atoms with Crippen molar-refractivity contribution in [1.29, 1.82) is 0 Å². The number of nitro groups is 1. The maximum Gasteiger partial charge on any atom is 0.338 e. The first-order chi connectivity index (χ1) is 13.0. The van der Waals surface area contributed by atoms with Crippen LogP contribution in [0.5, 0.6) is 0 Å². The van der Waals surface area contributed by atoms with Gasteiger partial charge in [0.05, 0.1) is 24.1 Å². The SMILES string of the molecule is COC(=O)c1cccc2c1CN(CC(=O)Nc1cccc([N+](=O)[O-])c1)CC2. The average molecular weight is 369 g/mol. The van der Waals surface area contributed by atoms with Gasteiger partial charge in [-0.1, -0.05) is 18.2 Å². The number of rotatable bonds is 5. The fourth-order valence-electron chi connectivity index (χ4n) is 3.17. The Morgan fingerprint density at radius 1 is 1.26 bits per heavy atom. The highest BCUT2D eigenvalue weighted by molar-refractivity contribution is 5.93. The minimum absolute atomic E-state index is 0.0811. The monoisotopic (exact) mass is 369 g/mol. The zero-order valence-corrected chi connectivity index (χ0v) is 14.8. The van der Waals surface area contributed by atoms with Gasteiger partial charge in [0.1, 0.15) is 0 Å². The third-order valence-electron chi connectivity index (χ3n) is 4.47. The summed E-state index contributed by atoms with van der Waals surface area (Å²) in [5.74, 6) is -0.663. The molecule has 27 heavy (non-hydrogen) atoms. The number of ether oxygens (including phenoxy) is 1. The predicted molar refractivity (Wildman–Crippen MR) is 98.5 cm³/mol. The van der Waals surface area contributed by atoms with Gasteiger partial charge in [0, 0.05) is 30.9 Å². The van der Waals surface area contributed by atoms with Gasteiger partial charge in [0.15, 0.2) is 0 Å². The van der Waals surface area contributed by atoms with Gasteiger partial charge in [-0.2, -0.15) is 0 Å². The Hall–Kier alpha value is -3.26. The Bertz CT molecular complexity index is 897. The van der Waals surface area contributed by atoms with Crippen molar-refractivity contribution < 1.29 is 19.2 Å². The van der Waals surface area contributed by atoms with Gasteiger partial charge in [0.25, 0.3) is 5.69 Å². The van der Waals surface area contributed by atoms with Crippen molar-refractivity contribution in [2.24, 2.45) is 0 Å². The first-order valence-corrected chi connectivity index (χ1v) is 8.43. The molecule has 2 aromatic rings. The number of carbonyl (C=O) groups is 2. The molecule has 8 heteroatoms. The Labute approximate surface area is 155 Å². The van der Waals surface area contributed by atoms with Crippen molar-refractivity contribution in [3.8, 4) is 0 Å². The maximum absolute atomic E-state index is 12.3. The number of hydrogen-bond donors (Lipinski definition) is 1. The molecular formula is C19H19N3O5. The molecule has 2 aromatic carbocycles. The lowest BCUT2D eigenvalue weighted by Gasteiger charge is -2.29. The highest BCUT2D eigenvalue weighted by atomic mass is 16.6. The molecule has 0 saturated carbocycles. The van der Waals surface area contributed by atoms with E-state index in [2.05, 4.69) is 5.32 Å². The van der Waals surface area contributed by atoms with Crippen molar-refractivity contribution >= 4 is 23.3 Å². The summed E-state index contributed by atoms with van der Waals surface area (Å²) < 4.78 is 4.84. The minimum Gasteiger partial charge on any atom is -0.465 e. The number of hydrogen-bond acceptors (Lipinski definition) is 6. The average Bonchev–Trinajstić information content (AvgIpc) is 2.67. The van der Waals surface area contributed by atoms with E-state index in [-0.39, 0.29) is 18.1 Å². The summed E-state index contributed by atoms with van der Waals surface area (Å²) in [6.07, 6.45) is 0.726. The number of methoxy groups -OCH3 is 1. The minimum atomic E-state index is -0.508. The molecule has 0 bridgehead atoms. The number of amides is 1. The Morgan fingerprint density at radius 2 is 2.04 bits per heavy atom. The van der Waals surface area contributed by atoms with Crippen LogP contribution in [0.15, 0.2) is 42.5 Å². The van der Waals surface area contributed by atoms with Gasteiger partial charge < -0.3 is 10.1 Å². The van der Waals surface area contributed by atoms with Crippen LogP contribution in [0.3, 0.4) is 0 Å². The second kappa shape index (κ2) is 7.96. The number of fused-ring (bicyclic) bond motifs is 1. The van der Waals surface area contributed by atoms with Crippen molar-refractivity contribution in [1.82, 2.24) is 4.90 Å². The molecule has 8 nitrogen and oxygen atoms in total. The van der Waals surface area contributed by atoms with E-state index in [1.54, 1.807) is 12.1 Å². The normalized spacial score (nSPS) is 13.5. The highest BCUT2D eigenvalue weighted by Gasteiger charge is 2.23. The predicted octanol–water partition coefficient (Wildman–Crippen LogP) is 2.38. The van der Waals surface area contributed by atoms with E-state index in [0.29, 0.717) is 24.3 Å². The lowest BCUT2D eigenvalue weighted by molar-refractivity contribution is -0.384. The number of nitrogens with zero attached hydrogens (tertiary/aromatic N) is 2. The quantitative estimate of drug-likeness (QED) is 0.493. The van der Waals surface area contributed by atoms with E-state index in [1.807, 2.05) is 17.0 Å². The number of non-ortho nitro benzene ring substituents is 1. The number of benzene rings is 2. The van der Waals surface area contributed by atoms with E-state index in [9.17, 15) is 19.7 Å². The summed E-state index contributed by atoms with van der Waals surface area (Å²) >= 11 is 0. The van der Waals surface area contributed by atoms with E-state index in [0.717, 1.165) is 17.5 Å². The Kier molecular flexibility index (Phi) is 5.46. The van der Waals surface area contributed by atoms with Crippen LogP contribution >= 0.6 is 0 Å². The molecule has 3 rings (SSSR count). The zero-order chi connectivity index (χ0) is 19.4. The third kappa shape index (κ3) is 4.29. The molecule has 0 unspecified atom stereocenters. The molecule has 0 aromatic heterocycles. The van der Waals surface area contributed by atoms with Crippen molar-refractivity contribution in [2.75, 3.05) is 25.5 Å². The molecule has 0 spiro atoms. The van der Waals surface area contributed by atoms with Crippen molar-refractivity contribution in [3.63, 3.8) is 0 Å². The Balaban J connectivity index is 1.68. The molecule has 1 N–H and O–H groups in total. The largest absolute Gasteiger partial charge is 0.465 e. The number of nitro benzene ring substituents is 1. The molecule has 1 aliphatic heterocycles. The van der Waals surface area contributed by atoms with E-state index < -0.39 is 10.9 Å². The molecule has 0 radical (unpaired) electrons. The zero-order valence-electron chi connectivity index (χ0n) is 14.8. The second-order valence-electron chi connectivity index (χ2n) is 6.25. The van der Waals surface area contributed by atoms with E-state index >= 15 is 0 Å². The van der Waals surface area contributed by atoms with Crippen LogP contribution in [0.1, 0.15) is 21.5 Å². The summed E-state index contributed by atoms with van der Waals surface area (Å²) in [5, 5.41) is 13.5. The van der Waals surface area contributed by atoms with Crippen LogP contribution in [0.2, 0.25) is 0 Å².